The van der Waals surface area contributed by atoms with Gasteiger partial charge in [0.1, 0.15) is 5.82 Å². The zero-order valence-corrected chi connectivity index (χ0v) is 14.4. The number of aromatic nitrogens is 2. The normalized spacial score (nSPS) is 11.9. The molecular formula is C16H22BrN3. The number of rotatable bonds is 2. The van der Waals surface area contributed by atoms with Crippen molar-refractivity contribution in [2.75, 3.05) is 5.73 Å². The zero-order valence-electron chi connectivity index (χ0n) is 12.8. The minimum absolute atomic E-state index is 0.177. The highest BCUT2D eigenvalue weighted by molar-refractivity contribution is 9.10. The van der Waals surface area contributed by atoms with Gasteiger partial charge in [-0.25, -0.2) is 4.68 Å². The fourth-order valence-electron chi connectivity index (χ4n) is 2.34. The largest absolute Gasteiger partial charge is 0.383 e. The van der Waals surface area contributed by atoms with Crippen molar-refractivity contribution in [1.82, 2.24) is 9.78 Å². The van der Waals surface area contributed by atoms with E-state index in [1.165, 1.54) is 11.1 Å². The van der Waals surface area contributed by atoms with Gasteiger partial charge in [-0.3, -0.25) is 0 Å². The summed E-state index contributed by atoms with van der Waals surface area (Å²) in [5.41, 5.74) is 10.8. The molecule has 20 heavy (non-hydrogen) atoms. The monoisotopic (exact) mass is 335 g/mol. The number of anilines is 1. The summed E-state index contributed by atoms with van der Waals surface area (Å²) in [5.74, 6) is 0.661. The van der Waals surface area contributed by atoms with Crippen LogP contribution in [0.4, 0.5) is 5.82 Å². The molecule has 4 heteroatoms. The summed E-state index contributed by atoms with van der Waals surface area (Å²) in [6, 6.07) is 6.35. The number of aryl methyl sites for hydroxylation is 2. The Labute approximate surface area is 129 Å². The van der Waals surface area contributed by atoms with Crippen LogP contribution in [0.2, 0.25) is 0 Å². The second kappa shape index (κ2) is 5.24. The number of benzene rings is 1. The van der Waals surface area contributed by atoms with Gasteiger partial charge in [-0.1, -0.05) is 26.8 Å². The van der Waals surface area contributed by atoms with Gasteiger partial charge in [0.05, 0.1) is 15.9 Å². The second-order valence-electron chi connectivity index (χ2n) is 6.64. The fraction of sp³-hybridized carbons (Fsp3) is 0.438. The Morgan fingerprint density at radius 2 is 1.70 bits per heavy atom. The number of nitrogens with zero attached hydrogens (tertiary/aromatic N) is 2. The van der Waals surface area contributed by atoms with E-state index in [1.54, 1.807) is 0 Å². The number of hydrogen-bond donors (Lipinski definition) is 1. The molecule has 0 aliphatic carbocycles. The Bertz CT molecular complexity index is 616. The van der Waals surface area contributed by atoms with E-state index in [2.05, 4.69) is 68.7 Å². The molecule has 2 aromatic rings. The zero-order chi connectivity index (χ0) is 15.1. The number of nitrogen functional groups attached to an aromatic ring is 1. The topological polar surface area (TPSA) is 43.8 Å². The molecule has 2 rings (SSSR count). The van der Waals surface area contributed by atoms with Crippen molar-refractivity contribution in [3.8, 4) is 5.69 Å². The minimum Gasteiger partial charge on any atom is -0.383 e. The quantitative estimate of drug-likeness (QED) is 0.882. The van der Waals surface area contributed by atoms with Crippen molar-refractivity contribution in [3.05, 3.63) is 39.5 Å². The minimum atomic E-state index is 0.177. The maximum Gasteiger partial charge on any atom is 0.141 e. The van der Waals surface area contributed by atoms with Gasteiger partial charge < -0.3 is 5.73 Å². The third-order valence-corrected chi connectivity index (χ3v) is 3.94. The lowest BCUT2D eigenvalue weighted by atomic mass is 9.91. The van der Waals surface area contributed by atoms with Crippen molar-refractivity contribution in [1.29, 1.82) is 0 Å². The first-order valence-electron chi connectivity index (χ1n) is 6.79. The Morgan fingerprint density at radius 1 is 1.15 bits per heavy atom. The van der Waals surface area contributed by atoms with Crippen LogP contribution in [0.15, 0.2) is 22.7 Å². The molecule has 0 fully saturated rings. The molecule has 0 saturated heterocycles. The van der Waals surface area contributed by atoms with Crippen LogP contribution in [-0.4, -0.2) is 9.78 Å². The molecule has 0 amide bonds. The van der Waals surface area contributed by atoms with Gasteiger partial charge in [0.15, 0.2) is 0 Å². The van der Waals surface area contributed by atoms with Crippen molar-refractivity contribution < 1.29 is 0 Å². The van der Waals surface area contributed by atoms with Crippen LogP contribution in [0.5, 0.6) is 0 Å². The van der Waals surface area contributed by atoms with E-state index >= 15 is 0 Å². The standard InChI is InChI=1S/C16H22BrN3/c1-10-6-11(2)8-12(7-10)20-15(18)14(17)13(19-20)9-16(3,4)5/h6-8H,9,18H2,1-5H3. The molecule has 0 bridgehead atoms. The number of hydrogen-bond acceptors (Lipinski definition) is 2. The van der Waals surface area contributed by atoms with E-state index in [9.17, 15) is 0 Å². The van der Waals surface area contributed by atoms with Crippen molar-refractivity contribution in [3.63, 3.8) is 0 Å². The first-order chi connectivity index (χ1) is 9.17. The Hall–Kier alpha value is -1.29. The van der Waals surface area contributed by atoms with Crippen LogP contribution < -0.4 is 5.73 Å². The van der Waals surface area contributed by atoms with Crippen molar-refractivity contribution in [2.24, 2.45) is 5.41 Å². The summed E-state index contributed by atoms with van der Waals surface area (Å²) in [5, 5.41) is 4.69. The molecule has 0 radical (unpaired) electrons. The molecule has 0 spiro atoms. The molecule has 1 aromatic heterocycles. The lowest BCUT2D eigenvalue weighted by Gasteiger charge is -2.16. The number of halogens is 1. The van der Waals surface area contributed by atoms with Crippen LogP contribution >= 0.6 is 15.9 Å². The smallest absolute Gasteiger partial charge is 0.141 e. The van der Waals surface area contributed by atoms with Gasteiger partial charge in [0, 0.05) is 0 Å². The second-order valence-corrected chi connectivity index (χ2v) is 7.43. The van der Waals surface area contributed by atoms with Crippen LogP contribution in [-0.2, 0) is 6.42 Å². The molecule has 0 saturated carbocycles. The molecular weight excluding hydrogens is 314 g/mol. The maximum atomic E-state index is 6.21. The third-order valence-electron chi connectivity index (χ3n) is 3.08. The van der Waals surface area contributed by atoms with Crippen LogP contribution in [0, 0.1) is 19.3 Å². The lowest BCUT2D eigenvalue weighted by Crippen LogP contribution is -2.10. The summed E-state index contributed by atoms with van der Waals surface area (Å²) < 4.78 is 2.73. The fourth-order valence-corrected chi connectivity index (χ4v) is 2.73. The van der Waals surface area contributed by atoms with Crippen molar-refractivity contribution in [2.45, 2.75) is 41.0 Å². The van der Waals surface area contributed by atoms with E-state index in [-0.39, 0.29) is 5.41 Å². The number of nitrogens with two attached hydrogens (primary N) is 1. The third kappa shape index (κ3) is 3.23. The average Bonchev–Trinajstić information content (AvgIpc) is 2.54. The summed E-state index contributed by atoms with van der Waals surface area (Å²) in [7, 11) is 0. The van der Waals surface area contributed by atoms with E-state index in [0.717, 1.165) is 22.3 Å². The molecule has 0 unspecified atom stereocenters. The average molecular weight is 336 g/mol. The van der Waals surface area contributed by atoms with Gasteiger partial charge in [-0.2, -0.15) is 5.10 Å². The summed E-state index contributed by atoms with van der Waals surface area (Å²) >= 11 is 3.58. The van der Waals surface area contributed by atoms with E-state index in [4.69, 9.17) is 10.8 Å². The molecule has 3 nitrogen and oxygen atoms in total. The Morgan fingerprint density at radius 3 is 2.20 bits per heavy atom. The van der Waals surface area contributed by atoms with E-state index in [1.807, 2.05) is 4.68 Å². The van der Waals surface area contributed by atoms with E-state index in [0.29, 0.717) is 5.82 Å². The highest BCUT2D eigenvalue weighted by Gasteiger charge is 2.20. The first kappa shape index (κ1) is 15.1. The molecule has 108 valence electrons. The molecule has 0 atom stereocenters. The molecule has 1 heterocycles. The SMILES string of the molecule is Cc1cc(C)cc(-n2nc(CC(C)(C)C)c(Br)c2N)c1. The van der Waals surface area contributed by atoms with Crippen LogP contribution in [0.1, 0.15) is 37.6 Å². The lowest BCUT2D eigenvalue weighted by molar-refractivity contribution is 0.404. The highest BCUT2D eigenvalue weighted by Crippen LogP contribution is 2.31. The van der Waals surface area contributed by atoms with Crippen molar-refractivity contribution >= 4 is 21.7 Å². The van der Waals surface area contributed by atoms with Crippen LogP contribution in [0.3, 0.4) is 0 Å². The van der Waals surface area contributed by atoms with Gasteiger partial charge in [-0.15, -0.1) is 0 Å². The van der Waals surface area contributed by atoms with Gasteiger partial charge in [0.25, 0.3) is 0 Å². The summed E-state index contributed by atoms with van der Waals surface area (Å²) in [6.07, 6.45) is 0.885. The Kier molecular flexibility index (Phi) is 3.96. The van der Waals surface area contributed by atoms with Gasteiger partial charge in [0.2, 0.25) is 0 Å². The predicted molar refractivity (Wildman–Crippen MR) is 88.3 cm³/mol. The highest BCUT2D eigenvalue weighted by atomic mass is 79.9. The first-order valence-corrected chi connectivity index (χ1v) is 7.58. The predicted octanol–water partition coefficient (Wildman–Crippen LogP) is 4.42. The van der Waals surface area contributed by atoms with Gasteiger partial charge in [-0.05, 0) is 64.9 Å². The van der Waals surface area contributed by atoms with E-state index < -0.39 is 0 Å². The Balaban J connectivity index is 2.50. The summed E-state index contributed by atoms with van der Waals surface area (Å²) in [4.78, 5) is 0. The molecule has 2 N–H and O–H groups in total. The maximum absolute atomic E-state index is 6.21. The van der Waals surface area contributed by atoms with Gasteiger partial charge >= 0.3 is 0 Å². The summed E-state index contributed by atoms with van der Waals surface area (Å²) in [6.45, 7) is 10.8. The van der Waals surface area contributed by atoms with Crippen LogP contribution in [0.25, 0.3) is 5.69 Å². The molecule has 1 aromatic carbocycles. The molecule has 0 aliphatic rings. The molecule has 0 aliphatic heterocycles.